The molecule has 1 aliphatic carbocycles. The van der Waals surface area contributed by atoms with Gasteiger partial charge in [0, 0.05) is 18.1 Å². The predicted octanol–water partition coefficient (Wildman–Crippen LogP) is 4.12. The summed E-state index contributed by atoms with van der Waals surface area (Å²) in [6.07, 6.45) is 1.99. The number of benzene rings is 1. The maximum atomic E-state index is 14.4. The minimum atomic E-state index is -1.29. The quantitative estimate of drug-likeness (QED) is 0.846. The number of fused-ring (bicyclic) bond motifs is 1. The van der Waals surface area contributed by atoms with E-state index in [2.05, 4.69) is 10.3 Å². The van der Waals surface area contributed by atoms with Gasteiger partial charge in [-0.25, -0.2) is 13.8 Å². The molecular formula is C17H16ClF2N3O. The lowest BCUT2D eigenvalue weighted by Gasteiger charge is -2.25. The van der Waals surface area contributed by atoms with Crippen LogP contribution in [-0.2, 0) is 7.05 Å². The number of nitrogens with zero attached hydrogens (tertiary/aromatic N) is 2. The van der Waals surface area contributed by atoms with Crippen molar-refractivity contribution in [2.75, 3.05) is 5.32 Å². The minimum Gasteiger partial charge on any atom is -0.345 e. The third kappa shape index (κ3) is 2.71. The summed E-state index contributed by atoms with van der Waals surface area (Å²) in [4.78, 5) is 15.8. The summed E-state index contributed by atoms with van der Waals surface area (Å²) in [6.45, 7) is 2.98. The van der Waals surface area contributed by atoms with Crippen molar-refractivity contribution in [2.45, 2.75) is 26.1 Å². The average Bonchev–Trinajstić information content (AvgIpc) is 2.82. The Morgan fingerprint density at radius 1 is 1.38 bits per heavy atom. The summed E-state index contributed by atoms with van der Waals surface area (Å²) in [5.41, 5.74) is 1.48. The van der Waals surface area contributed by atoms with Crippen molar-refractivity contribution in [3.8, 4) is 0 Å². The molecule has 0 aliphatic heterocycles. The minimum absolute atomic E-state index is 0.0232. The number of imidazole rings is 1. The first-order valence-electron chi connectivity index (χ1n) is 7.41. The maximum absolute atomic E-state index is 14.4. The highest BCUT2D eigenvalue weighted by Crippen LogP contribution is 2.29. The van der Waals surface area contributed by atoms with Crippen LogP contribution >= 0.6 is 11.6 Å². The molecule has 2 unspecified atom stereocenters. The van der Waals surface area contributed by atoms with Gasteiger partial charge in [-0.15, -0.1) is 0 Å². The Morgan fingerprint density at radius 3 is 2.75 bits per heavy atom. The lowest BCUT2D eigenvalue weighted by molar-refractivity contribution is 0.101. The molecule has 1 aromatic heterocycles. The number of anilines is 1. The molecule has 126 valence electrons. The molecule has 0 amide bonds. The second-order valence-electron chi connectivity index (χ2n) is 5.86. The number of carbonyl (C=O) groups is 1. The number of rotatable bonds is 3. The van der Waals surface area contributed by atoms with E-state index in [1.807, 2.05) is 0 Å². The zero-order valence-electron chi connectivity index (χ0n) is 13.4. The van der Waals surface area contributed by atoms with Gasteiger partial charge in [-0.1, -0.05) is 17.7 Å². The van der Waals surface area contributed by atoms with Crippen LogP contribution in [0.25, 0.3) is 11.0 Å². The predicted molar refractivity (Wildman–Crippen MR) is 90.7 cm³/mol. The number of aromatic nitrogens is 2. The van der Waals surface area contributed by atoms with Crippen LogP contribution in [0.1, 0.15) is 24.2 Å². The first-order chi connectivity index (χ1) is 11.3. The Hall–Kier alpha value is -2.21. The van der Waals surface area contributed by atoms with Crippen molar-refractivity contribution < 1.29 is 13.6 Å². The number of nitrogens with one attached hydrogen (secondary N) is 1. The highest BCUT2D eigenvalue weighted by atomic mass is 35.5. The Labute approximate surface area is 142 Å². The molecule has 2 aromatic rings. The van der Waals surface area contributed by atoms with Crippen molar-refractivity contribution >= 4 is 34.4 Å². The fourth-order valence-electron chi connectivity index (χ4n) is 2.70. The zero-order chi connectivity index (χ0) is 17.6. The van der Waals surface area contributed by atoms with Crippen LogP contribution in [0.4, 0.5) is 14.7 Å². The van der Waals surface area contributed by atoms with Gasteiger partial charge in [0.25, 0.3) is 0 Å². The smallest absolute Gasteiger partial charge is 0.204 e. The highest BCUT2D eigenvalue weighted by molar-refractivity contribution is 6.30. The summed E-state index contributed by atoms with van der Waals surface area (Å²) < 4.78 is 30.0. The van der Waals surface area contributed by atoms with E-state index in [4.69, 9.17) is 11.6 Å². The number of allylic oxidation sites excluding steroid dienone is 2. The van der Waals surface area contributed by atoms with Gasteiger partial charge < -0.3 is 9.88 Å². The molecule has 2 atom stereocenters. The Bertz CT molecular complexity index is 901. The number of carbonyl (C=O) groups excluding carboxylic acids is 1. The van der Waals surface area contributed by atoms with Gasteiger partial charge in [-0.3, -0.25) is 4.79 Å². The summed E-state index contributed by atoms with van der Waals surface area (Å²) >= 11 is 6.11. The molecule has 4 nitrogen and oxygen atoms in total. The lowest BCUT2D eigenvalue weighted by Crippen LogP contribution is -2.34. The van der Waals surface area contributed by atoms with E-state index in [-0.39, 0.29) is 11.3 Å². The van der Waals surface area contributed by atoms with Gasteiger partial charge in [-0.05, 0) is 31.6 Å². The molecule has 1 N–H and O–H groups in total. The average molecular weight is 352 g/mol. The van der Waals surface area contributed by atoms with E-state index < -0.39 is 18.0 Å². The summed E-state index contributed by atoms with van der Waals surface area (Å²) in [7, 11) is 1.68. The SMILES string of the molecule is CC(=O)c1cc2nc(NC3C(Cl)=CC=C(C)C3F)n(C)c2cc1F. The van der Waals surface area contributed by atoms with E-state index in [0.717, 1.165) is 0 Å². The second-order valence-corrected chi connectivity index (χ2v) is 6.29. The van der Waals surface area contributed by atoms with Crippen molar-refractivity contribution in [3.05, 3.63) is 46.3 Å². The van der Waals surface area contributed by atoms with Crippen molar-refractivity contribution in [2.24, 2.45) is 7.05 Å². The Balaban J connectivity index is 2.02. The van der Waals surface area contributed by atoms with Crippen LogP contribution in [0, 0.1) is 5.82 Å². The lowest BCUT2D eigenvalue weighted by atomic mass is 9.99. The third-order valence-corrected chi connectivity index (χ3v) is 4.52. The highest BCUT2D eigenvalue weighted by Gasteiger charge is 2.29. The monoisotopic (exact) mass is 351 g/mol. The molecule has 7 heteroatoms. The van der Waals surface area contributed by atoms with Crippen LogP contribution in [0.15, 0.2) is 34.9 Å². The normalized spacial score (nSPS) is 20.8. The van der Waals surface area contributed by atoms with Crippen LogP contribution in [-0.4, -0.2) is 27.5 Å². The molecule has 0 spiro atoms. The fraction of sp³-hybridized carbons (Fsp3) is 0.294. The van der Waals surface area contributed by atoms with Gasteiger partial charge in [0.05, 0.1) is 22.6 Å². The number of halogens is 3. The molecule has 0 radical (unpaired) electrons. The number of hydrogen-bond acceptors (Lipinski definition) is 3. The van der Waals surface area contributed by atoms with Gasteiger partial charge in [0.15, 0.2) is 5.78 Å². The molecule has 0 bridgehead atoms. The van der Waals surface area contributed by atoms with Gasteiger partial charge in [0.1, 0.15) is 12.0 Å². The van der Waals surface area contributed by atoms with E-state index in [9.17, 15) is 13.6 Å². The zero-order valence-corrected chi connectivity index (χ0v) is 14.2. The molecule has 0 saturated carbocycles. The standard InChI is InChI=1S/C17H16ClF2N3O/c1-8-4-5-11(18)16(15(8)20)22-17-21-13-6-10(9(2)24)12(19)7-14(13)23(17)3/h4-7,15-16H,1-3H3,(H,21,22). The Kier molecular flexibility index (Phi) is 4.17. The van der Waals surface area contributed by atoms with Gasteiger partial charge in [-0.2, -0.15) is 0 Å². The van der Waals surface area contributed by atoms with Crippen molar-refractivity contribution in [1.29, 1.82) is 0 Å². The topological polar surface area (TPSA) is 46.9 Å². The van der Waals surface area contributed by atoms with Crippen LogP contribution in [0.2, 0.25) is 0 Å². The van der Waals surface area contributed by atoms with E-state index in [0.29, 0.717) is 27.6 Å². The Morgan fingerprint density at radius 2 is 2.08 bits per heavy atom. The van der Waals surface area contributed by atoms with Gasteiger partial charge >= 0.3 is 0 Å². The van der Waals surface area contributed by atoms with Crippen molar-refractivity contribution in [3.63, 3.8) is 0 Å². The number of ketones is 1. The third-order valence-electron chi connectivity index (χ3n) is 4.16. The molecule has 24 heavy (non-hydrogen) atoms. The first-order valence-corrected chi connectivity index (χ1v) is 7.78. The number of alkyl halides is 1. The summed E-state index contributed by atoms with van der Waals surface area (Å²) in [5.74, 6) is -0.640. The molecule has 1 aromatic carbocycles. The summed E-state index contributed by atoms with van der Waals surface area (Å²) in [6, 6.07) is 1.89. The molecule has 0 fully saturated rings. The van der Waals surface area contributed by atoms with E-state index in [1.165, 1.54) is 19.1 Å². The largest absolute Gasteiger partial charge is 0.345 e. The first kappa shape index (κ1) is 16.6. The molecule has 3 rings (SSSR count). The van der Waals surface area contributed by atoms with Crippen LogP contribution in [0.3, 0.4) is 0 Å². The molecule has 0 saturated heterocycles. The molecular weight excluding hydrogens is 336 g/mol. The summed E-state index contributed by atoms with van der Waals surface area (Å²) in [5, 5.41) is 3.29. The van der Waals surface area contributed by atoms with E-state index >= 15 is 0 Å². The number of hydrogen-bond donors (Lipinski definition) is 1. The second kappa shape index (κ2) is 6.02. The van der Waals surface area contributed by atoms with E-state index in [1.54, 1.807) is 30.7 Å². The van der Waals surface area contributed by atoms with Crippen LogP contribution in [0.5, 0.6) is 0 Å². The number of aryl methyl sites for hydroxylation is 1. The fourth-order valence-corrected chi connectivity index (χ4v) is 2.93. The maximum Gasteiger partial charge on any atom is 0.204 e. The van der Waals surface area contributed by atoms with Gasteiger partial charge in [0.2, 0.25) is 5.95 Å². The molecule has 1 heterocycles. The molecule has 1 aliphatic rings. The van der Waals surface area contributed by atoms with Crippen molar-refractivity contribution in [1.82, 2.24) is 9.55 Å². The number of Topliss-reactive ketones (excluding diaryl/α,β-unsaturated/α-hetero) is 1. The van der Waals surface area contributed by atoms with Crippen LogP contribution < -0.4 is 5.32 Å².